The van der Waals surface area contributed by atoms with Gasteiger partial charge in [0.05, 0.1) is 0 Å². The van der Waals surface area contributed by atoms with E-state index in [9.17, 15) is 9.59 Å². The maximum Gasteiger partial charge on any atom is 0.318 e. The molecule has 5 nitrogen and oxygen atoms in total. The number of carbonyl (C=O) groups is 2. The van der Waals surface area contributed by atoms with Gasteiger partial charge in [0.1, 0.15) is 6.04 Å². The predicted molar refractivity (Wildman–Crippen MR) is 93.5 cm³/mol. The summed E-state index contributed by atoms with van der Waals surface area (Å²) in [7, 11) is 0. The average Bonchev–Trinajstić information content (AvgIpc) is 3.11. The molecule has 0 saturated carbocycles. The number of amides is 3. The van der Waals surface area contributed by atoms with Crippen LogP contribution in [0.25, 0.3) is 0 Å². The summed E-state index contributed by atoms with van der Waals surface area (Å²) in [5, 5.41) is 5.78. The van der Waals surface area contributed by atoms with E-state index in [1.807, 2.05) is 60.7 Å². The third kappa shape index (κ3) is 3.93. The fourth-order valence-corrected chi connectivity index (χ4v) is 2.90. The minimum Gasteiger partial charge on any atom is -0.334 e. The van der Waals surface area contributed by atoms with Crippen molar-refractivity contribution in [3.8, 4) is 0 Å². The smallest absolute Gasteiger partial charge is 0.318 e. The van der Waals surface area contributed by atoms with Gasteiger partial charge in [0.15, 0.2) is 0 Å². The van der Waals surface area contributed by atoms with E-state index in [2.05, 4.69) is 10.6 Å². The summed E-state index contributed by atoms with van der Waals surface area (Å²) in [5.41, 5.74) is 1.79. The fraction of sp³-hybridized carbons (Fsp3) is 0.263. The van der Waals surface area contributed by atoms with E-state index in [-0.39, 0.29) is 11.9 Å². The lowest BCUT2D eigenvalue weighted by atomic mass is 10.2. The minimum absolute atomic E-state index is 0.131. The second-order valence-electron chi connectivity index (χ2n) is 5.85. The van der Waals surface area contributed by atoms with Crippen molar-refractivity contribution in [2.45, 2.75) is 25.4 Å². The van der Waals surface area contributed by atoms with E-state index in [1.165, 1.54) is 0 Å². The van der Waals surface area contributed by atoms with Gasteiger partial charge in [0.25, 0.3) is 0 Å². The van der Waals surface area contributed by atoms with Gasteiger partial charge in [-0.1, -0.05) is 48.5 Å². The van der Waals surface area contributed by atoms with Crippen molar-refractivity contribution in [3.63, 3.8) is 0 Å². The monoisotopic (exact) mass is 323 g/mol. The molecule has 0 bridgehead atoms. The Kier molecular flexibility index (Phi) is 5.11. The zero-order valence-electron chi connectivity index (χ0n) is 13.4. The van der Waals surface area contributed by atoms with Crippen molar-refractivity contribution in [3.05, 3.63) is 66.2 Å². The summed E-state index contributed by atoms with van der Waals surface area (Å²) in [6.07, 6.45) is 1.53. The summed E-state index contributed by atoms with van der Waals surface area (Å²) < 4.78 is 0. The molecule has 1 aliphatic rings. The van der Waals surface area contributed by atoms with E-state index in [0.29, 0.717) is 19.5 Å². The van der Waals surface area contributed by atoms with Gasteiger partial charge in [0, 0.05) is 18.8 Å². The van der Waals surface area contributed by atoms with Crippen LogP contribution in [0.2, 0.25) is 0 Å². The number of nitrogens with zero attached hydrogens (tertiary/aromatic N) is 1. The topological polar surface area (TPSA) is 61.4 Å². The van der Waals surface area contributed by atoms with Gasteiger partial charge in [-0.15, -0.1) is 0 Å². The van der Waals surface area contributed by atoms with Crippen LogP contribution in [0.1, 0.15) is 18.4 Å². The number of hydrogen-bond donors (Lipinski definition) is 2. The SMILES string of the molecule is O=C(Nc1ccccc1)[C@H]1CCCN1C(=O)NCc1ccccc1. The first-order valence-electron chi connectivity index (χ1n) is 8.18. The number of benzene rings is 2. The van der Waals surface area contributed by atoms with Crippen LogP contribution in [0.4, 0.5) is 10.5 Å². The van der Waals surface area contributed by atoms with E-state index < -0.39 is 6.04 Å². The number of likely N-dealkylation sites (tertiary alicyclic amines) is 1. The second-order valence-corrected chi connectivity index (χ2v) is 5.85. The zero-order valence-corrected chi connectivity index (χ0v) is 13.4. The molecule has 1 aliphatic heterocycles. The molecule has 1 atom stereocenters. The van der Waals surface area contributed by atoms with Crippen LogP contribution in [0.3, 0.4) is 0 Å². The highest BCUT2D eigenvalue weighted by molar-refractivity contribution is 5.97. The first-order valence-corrected chi connectivity index (χ1v) is 8.18. The maximum absolute atomic E-state index is 12.5. The van der Waals surface area contributed by atoms with Crippen molar-refractivity contribution < 1.29 is 9.59 Å². The average molecular weight is 323 g/mol. The molecular weight excluding hydrogens is 302 g/mol. The summed E-state index contributed by atoms with van der Waals surface area (Å²) >= 11 is 0. The standard InChI is InChI=1S/C19H21N3O2/c23-18(21-16-10-5-2-6-11-16)17-12-7-13-22(17)19(24)20-14-15-8-3-1-4-9-15/h1-6,8-11,17H,7,12-14H2,(H,20,24)(H,21,23)/t17-/m1/s1. The number of carbonyl (C=O) groups excluding carboxylic acids is 2. The Balaban J connectivity index is 1.58. The van der Waals surface area contributed by atoms with Gasteiger partial charge in [-0.2, -0.15) is 0 Å². The third-order valence-corrected chi connectivity index (χ3v) is 4.14. The molecule has 124 valence electrons. The normalized spacial score (nSPS) is 16.7. The number of rotatable bonds is 4. The molecule has 0 spiro atoms. The highest BCUT2D eigenvalue weighted by atomic mass is 16.2. The summed E-state index contributed by atoms with van der Waals surface area (Å²) in [6, 6.07) is 18.5. The quantitative estimate of drug-likeness (QED) is 0.908. The molecule has 1 fully saturated rings. The van der Waals surface area contributed by atoms with Crippen LogP contribution < -0.4 is 10.6 Å². The Morgan fingerprint density at radius 2 is 1.67 bits per heavy atom. The lowest BCUT2D eigenvalue weighted by Crippen LogP contribution is -2.47. The molecule has 2 aromatic carbocycles. The second kappa shape index (κ2) is 7.64. The van der Waals surface area contributed by atoms with Crippen molar-refractivity contribution in [2.75, 3.05) is 11.9 Å². The lowest BCUT2D eigenvalue weighted by Gasteiger charge is -2.24. The molecule has 3 rings (SSSR count). The Bertz CT molecular complexity index is 688. The van der Waals surface area contributed by atoms with E-state index in [4.69, 9.17) is 0 Å². The molecular formula is C19H21N3O2. The van der Waals surface area contributed by atoms with Crippen LogP contribution in [0, 0.1) is 0 Å². The zero-order chi connectivity index (χ0) is 16.8. The van der Waals surface area contributed by atoms with Gasteiger partial charge in [-0.25, -0.2) is 4.79 Å². The first-order chi connectivity index (χ1) is 11.7. The highest BCUT2D eigenvalue weighted by Crippen LogP contribution is 2.19. The van der Waals surface area contributed by atoms with Gasteiger partial charge in [0.2, 0.25) is 5.91 Å². The van der Waals surface area contributed by atoms with Crippen molar-refractivity contribution in [2.24, 2.45) is 0 Å². The largest absolute Gasteiger partial charge is 0.334 e. The molecule has 0 unspecified atom stereocenters. The van der Waals surface area contributed by atoms with Gasteiger partial charge in [-0.3, -0.25) is 4.79 Å². The van der Waals surface area contributed by atoms with Gasteiger partial charge >= 0.3 is 6.03 Å². The van der Waals surface area contributed by atoms with Crippen LogP contribution >= 0.6 is 0 Å². The summed E-state index contributed by atoms with van der Waals surface area (Å²) in [6.45, 7) is 1.07. The Morgan fingerprint density at radius 1 is 1.00 bits per heavy atom. The van der Waals surface area contributed by atoms with Crippen LogP contribution in [0.15, 0.2) is 60.7 Å². The summed E-state index contributed by atoms with van der Waals surface area (Å²) in [5.74, 6) is -0.131. The Morgan fingerprint density at radius 3 is 2.38 bits per heavy atom. The first kappa shape index (κ1) is 16.1. The molecule has 0 aromatic heterocycles. The Hall–Kier alpha value is -2.82. The molecule has 3 amide bonds. The molecule has 24 heavy (non-hydrogen) atoms. The molecule has 2 N–H and O–H groups in total. The highest BCUT2D eigenvalue weighted by Gasteiger charge is 2.33. The van der Waals surface area contributed by atoms with E-state index in [1.54, 1.807) is 4.90 Å². The van der Waals surface area contributed by atoms with Crippen LogP contribution in [-0.4, -0.2) is 29.4 Å². The van der Waals surface area contributed by atoms with Crippen molar-refractivity contribution >= 4 is 17.6 Å². The fourth-order valence-electron chi connectivity index (χ4n) is 2.90. The predicted octanol–water partition coefficient (Wildman–Crippen LogP) is 3.00. The maximum atomic E-state index is 12.5. The van der Waals surface area contributed by atoms with Crippen LogP contribution in [0.5, 0.6) is 0 Å². The van der Waals surface area contributed by atoms with Gasteiger partial charge in [-0.05, 0) is 30.5 Å². The number of anilines is 1. The number of nitrogens with one attached hydrogen (secondary N) is 2. The minimum atomic E-state index is -0.416. The molecule has 1 saturated heterocycles. The summed E-state index contributed by atoms with van der Waals surface area (Å²) in [4.78, 5) is 26.5. The number of urea groups is 1. The molecule has 0 radical (unpaired) electrons. The number of hydrogen-bond acceptors (Lipinski definition) is 2. The van der Waals surface area contributed by atoms with Crippen molar-refractivity contribution in [1.82, 2.24) is 10.2 Å². The molecule has 1 heterocycles. The van der Waals surface area contributed by atoms with Crippen molar-refractivity contribution in [1.29, 1.82) is 0 Å². The third-order valence-electron chi connectivity index (χ3n) is 4.14. The van der Waals surface area contributed by atoms with Crippen LogP contribution in [-0.2, 0) is 11.3 Å². The molecule has 0 aliphatic carbocycles. The van der Waals surface area contributed by atoms with E-state index >= 15 is 0 Å². The van der Waals surface area contributed by atoms with Gasteiger partial charge < -0.3 is 15.5 Å². The molecule has 2 aromatic rings. The molecule has 5 heteroatoms. The van der Waals surface area contributed by atoms with E-state index in [0.717, 1.165) is 17.7 Å². The lowest BCUT2D eigenvalue weighted by molar-refractivity contribution is -0.119. The Labute approximate surface area is 141 Å². The number of para-hydroxylation sites is 1.